The molecule has 3 N–H and O–H groups in total. The first kappa shape index (κ1) is 16.0. The molecule has 1 fully saturated rings. The lowest BCUT2D eigenvalue weighted by molar-refractivity contribution is 0.0886. The van der Waals surface area contributed by atoms with E-state index in [0.717, 1.165) is 19.3 Å². The third-order valence-corrected chi connectivity index (χ3v) is 5.96. The van der Waals surface area contributed by atoms with Gasteiger partial charge in [-0.05, 0) is 36.7 Å². The molecule has 23 heavy (non-hydrogen) atoms. The Labute approximate surface area is 138 Å². The number of hydrogen-bond acceptors (Lipinski definition) is 3. The van der Waals surface area contributed by atoms with Crippen LogP contribution in [0.4, 0.5) is 0 Å². The highest BCUT2D eigenvalue weighted by Gasteiger charge is 2.50. The number of benzene rings is 1. The zero-order valence-electron chi connectivity index (χ0n) is 14.4. The highest BCUT2D eigenvalue weighted by molar-refractivity contribution is 5.84. The molecule has 0 saturated heterocycles. The molecule has 3 heteroatoms. The Morgan fingerprint density at radius 1 is 1.09 bits per heavy atom. The zero-order chi connectivity index (χ0) is 17.2. The zero-order valence-corrected chi connectivity index (χ0v) is 14.4. The molecule has 1 aromatic carbocycles. The summed E-state index contributed by atoms with van der Waals surface area (Å²) in [5.41, 5.74) is 1.89. The predicted octanol–water partition coefficient (Wildman–Crippen LogP) is 4.95. The third-order valence-electron chi connectivity index (χ3n) is 5.96. The summed E-state index contributed by atoms with van der Waals surface area (Å²) in [6.45, 7) is 12.2. The van der Waals surface area contributed by atoms with Gasteiger partial charge < -0.3 is 15.3 Å². The second-order valence-corrected chi connectivity index (χ2v) is 8.09. The fourth-order valence-electron chi connectivity index (χ4n) is 4.90. The van der Waals surface area contributed by atoms with Crippen LogP contribution in [-0.4, -0.2) is 15.3 Å². The lowest BCUT2D eigenvalue weighted by Gasteiger charge is -2.52. The van der Waals surface area contributed by atoms with Crippen molar-refractivity contribution < 1.29 is 15.3 Å². The first-order chi connectivity index (χ1) is 10.6. The normalized spacial score (nSPS) is 28.1. The molecule has 0 aliphatic heterocycles. The van der Waals surface area contributed by atoms with E-state index in [-0.39, 0.29) is 39.6 Å². The van der Waals surface area contributed by atoms with Crippen molar-refractivity contribution in [3.8, 4) is 17.2 Å². The monoisotopic (exact) mass is 314 g/mol. The van der Waals surface area contributed by atoms with Gasteiger partial charge in [0.2, 0.25) is 0 Å². The van der Waals surface area contributed by atoms with Crippen molar-refractivity contribution in [1.82, 2.24) is 0 Å². The fourth-order valence-corrected chi connectivity index (χ4v) is 4.90. The molecule has 2 unspecified atom stereocenters. The fraction of sp³-hybridized carbons (Fsp3) is 0.500. The summed E-state index contributed by atoms with van der Waals surface area (Å²) in [7, 11) is 0. The minimum atomic E-state index is -0.293. The van der Waals surface area contributed by atoms with E-state index in [1.165, 1.54) is 0 Å². The molecule has 3 rings (SSSR count). The van der Waals surface area contributed by atoms with Crippen LogP contribution >= 0.6 is 0 Å². The van der Waals surface area contributed by atoms with Crippen molar-refractivity contribution in [1.29, 1.82) is 0 Å². The van der Waals surface area contributed by atoms with Gasteiger partial charge in [0.15, 0.2) is 11.5 Å². The molecule has 1 saturated carbocycles. The maximum absolute atomic E-state index is 10.7. The highest BCUT2D eigenvalue weighted by Crippen LogP contribution is 2.61. The molecule has 1 aromatic rings. The molecular formula is C20H26O3. The van der Waals surface area contributed by atoms with E-state index >= 15 is 0 Å². The summed E-state index contributed by atoms with van der Waals surface area (Å²) in [5, 5.41) is 31.8. The van der Waals surface area contributed by atoms with E-state index in [1.54, 1.807) is 6.92 Å². The van der Waals surface area contributed by atoms with E-state index in [0.29, 0.717) is 16.7 Å². The number of phenolic OH excluding ortho intramolecular Hbond substituents is 3. The Kier molecular flexibility index (Phi) is 3.33. The van der Waals surface area contributed by atoms with Gasteiger partial charge in [0.1, 0.15) is 5.75 Å². The van der Waals surface area contributed by atoms with Crippen molar-refractivity contribution in [3.63, 3.8) is 0 Å². The van der Waals surface area contributed by atoms with Gasteiger partial charge in [0.25, 0.3) is 0 Å². The van der Waals surface area contributed by atoms with Crippen LogP contribution in [0.25, 0.3) is 11.6 Å². The first-order valence-electron chi connectivity index (χ1n) is 8.26. The van der Waals surface area contributed by atoms with Crippen LogP contribution in [0.15, 0.2) is 12.7 Å². The number of phenols is 3. The van der Waals surface area contributed by atoms with Gasteiger partial charge in [-0.3, -0.25) is 0 Å². The average Bonchev–Trinajstić information content (AvgIpc) is 2.43. The van der Waals surface area contributed by atoms with Crippen LogP contribution in [0.1, 0.15) is 63.6 Å². The van der Waals surface area contributed by atoms with E-state index in [2.05, 4.69) is 33.4 Å². The molecule has 2 aliphatic rings. The summed E-state index contributed by atoms with van der Waals surface area (Å²) >= 11 is 0. The van der Waals surface area contributed by atoms with Crippen molar-refractivity contribution in [2.75, 3.05) is 0 Å². The van der Waals surface area contributed by atoms with Crippen LogP contribution in [0.3, 0.4) is 0 Å². The molecule has 0 heterocycles. The van der Waals surface area contributed by atoms with E-state index in [9.17, 15) is 15.3 Å². The maximum atomic E-state index is 10.7. The van der Waals surface area contributed by atoms with Crippen molar-refractivity contribution in [3.05, 3.63) is 29.3 Å². The summed E-state index contributed by atoms with van der Waals surface area (Å²) in [6.07, 6.45) is 7.19. The Balaban J connectivity index is 2.34. The summed E-state index contributed by atoms with van der Waals surface area (Å²) in [4.78, 5) is 0. The minimum Gasteiger partial charge on any atom is -0.507 e. The lowest BCUT2D eigenvalue weighted by Crippen LogP contribution is -2.45. The summed E-state index contributed by atoms with van der Waals surface area (Å²) in [5.74, 6) is -0.0866. The van der Waals surface area contributed by atoms with Crippen LogP contribution in [0, 0.1) is 11.3 Å². The molecule has 124 valence electrons. The highest BCUT2D eigenvalue weighted by atomic mass is 16.3. The molecular weight excluding hydrogens is 288 g/mol. The second-order valence-electron chi connectivity index (χ2n) is 8.09. The van der Waals surface area contributed by atoms with Crippen LogP contribution in [0.2, 0.25) is 0 Å². The Bertz CT molecular complexity index is 727. The molecule has 0 amide bonds. The van der Waals surface area contributed by atoms with E-state index in [1.807, 2.05) is 6.08 Å². The summed E-state index contributed by atoms with van der Waals surface area (Å²) < 4.78 is 0. The van der Waals surface area contributed by atoms with Crippen LogP contribution < -0.4 is 0 Å². The summed E-state index contributed by atoms with van der Waals surface area (Å²) in [6, 6.07) is 0. The lowest BCUT2D eigenvalue weighted by atomic mass is 9.52. The Morgan fingerprint density at radius 3 is 2.35 bits per heavy atom. The number of aromatic hydroxyl groups is 3. The van der Waals surface area contributed by atoms with Gasteiger partial charge in [-0.2, -0.15) is 0 Å². The number of allylic oxidation sites excluding steroid dienone is 2. The molecule has 0 radical (unpaired) electrons. The average molecular weight is 314 g/mol. The van der Waals surface area contributed by atoms with Gasteiger partial charge in [0.05, 0.1) is 5.56 Å². The standard InChI is InChI=1S/C20H26O3/c1-11(2)14-16(21)12-7-8-13-19(3,4)9-6-10-20(13,5)15(12)18(23)17(14)22/h7-8,13,21-23H,1,6,9-10H2,2-5H3. The molecule has 0 bridgehead atoms. The van der Waals surface area contributed by atoms with E-state index < -0.39 is 0 Å². The molecule has 2 atom stereocenters. The van der Waals surface area contributed by atoms with Crippen LogP contribution in [0.5, 0.6) is 17.2 Å². The maximum Gasteiger partial charge on any atom is 0.169 e. The van der Waals surface area contributed by atoms with Crippen molar-refractivity contribution in [2.24, 2.45) is 11.3 Å². The molecule has 0 spiro atoms. The topological polar surface area (TPSA) is 60.7 Å². The molecule has 3 nitrogen and oxygen atoms in total. The van der Waals surface area contributed by atoms with Gasteiger partial charge in [-0.25, -0.2) is 0 Å². The molecule has 2 aliphatic carbocycles. The third kappa shape index (κ3) is 2.02. The largest absolute Gasteiger partial charge is 0.507 e. The Morgan fingerprint density at radius 2 is 1.74 bits per heavy atom. The van der Waals surface area contributed by atoms with Crippen molar-refractivity contribution in [2.45, 2.75) is 52.4 Å². The number of hydrogen-bond donors (Lipinski definition) is 3. The van der Waals surface area contributed by atoms with Gasteiger partial charge in [-0.1, -0.05) is 45.9 Å². The van der Waals surface area contributed by atoms with Crippen LogP contribution in [-0.2, 0) is 5.41 Å². The number of fused-ring (bicyclic) bond motifs is 3. The quantitative estimate of drug-likeness (QED) is 0.508. The number of rotatable bonds is 1. The first-order valence-corrected chi connectivity index (χ1v) is 8.26. The van der Waals surface area contributed by atoms with Crippen molar-refractivity contribution >= 4 is 11.6 Å². The minimum absolute atomic E-state index is 0.0158. The smallest absolute Gasteiger partial charge is 0.169 e. The Hall–Kier alpha value is -1.90. The predicted molar refractivity (Wildman–Crippen MR) is 93.7 cm³/mol. The van der Waals surface area contributed by atoms with Gasteiger partial charge in [0, 0.05) is 16.5 Å². The van der Waals surface area contributed by atoms with Gasteiger partial charge >= 0.3 is 0 Å². The van der Waals surface area contributed by atoms with E-state index in [4.69, 9.17) is 0 Å². The second kappa shape index (κ2) is 4.80. The van der Waals surface area contributed by atoms with Gasteiger partial charge in [-0.15, -0.1) is 0 Å². The SMILES string of the molecule is C=C(C)c1c(O)c(O)c2c(c1O)C=CC1C(C)(C)CCCC21C. The molecule has 0 aromatic heterocycles.